The van der Waals surface area contributed by atoms with Crippen molar-refractivity contribution in [2.24, 2.45) is 0 Å². The van der Waals surface area contributed by atoms with Gasteiger partial charge in [-0.3, -0.25) is 24.8 Å². The van der Waals surface area contributed by atoms with Crippen molar-refractivity contribution in [3.8, 4) is 0 Å². The molecule has 0 aromatic carbocycles. The second kappa shape index (κ2) is 7.95. The molecule has 2 amide bonds. The zero-order chi connectivity index (χ0) is 20.6. The van der Waals surface area contributed by atoms with Crippen LogP contribution >= 0.6 is 0 Å². The molecule has 2 N–H and O–H groups in total. The third-order valence-corrected chi connectivity index (χ3v) is 6.17. The molecule has 3 saturated heterocycles. The summed E-state index contributed by atoms with van der Waals surface area (Å²) in [7, 11) is 0. The van der Waals surface area contributed by atoms with Crippen molar-refractivity contribution in [3.63, 3.8) is 0 Å². The van der Waals surface area contributed by atoms with Crippen LogP contribution in [0.15, 0.2) is 12.1 Å². The number of halogens is 2. The van der Waals surface area contributed by atoms with Gasteiger partial charge in [-0.1, -0.05) is 0 Å². The SMILES string of the molecule is Cc1nc(C2CCC(=O)NC2=O)ccc1N1CC[C@H](N2CCNCC2)C(F)(F)C1. The number of piperazine rings is 1. The number of nitrogens with zero attached hydrogens (tertiary/aromatic N) is 3. The molecule has 1 aromatic heterocycles. The molecule has 0 spiro atoms. The van der Waals surface area contributed by atoms with Crippen LogP contribution < -0.4 is 15.5 Å². The Kier molecular flexibility index (Phi) is 5.52. The Bertz CT molecular complexity index is 797. The molecule has 7 nitrogen and oxygen atoms in total. The summed E-state index contributed by atoms with van der Waals surface area (Å²) >= 11 is 0. The molecule has 9 heteroatoms. The number of rotatable bonds is 3. The van der Waals surface area contributed by atoms with E-state index in [9.17, 15) is 18.4 Å². The van der Waals surface area contributed by atoms with E-state index in [1.54, 1.807) is 24.0 Å². The molecular weight excluding hydrogens is 380 g/mol. The minimum absolute atomic E-state index is 0.269. The summed E-state index contributed by atoms with van der Waals surface area (Å²) in [6, 6.07) is 2.78. The van der Waals surface area contributed by atoms with Crippen LogP contribution in [0, 0.1) is 6.92 Å². The summed E-state index contributed by atoms with van der Waals surface area (Å²) in [6.45, 7) is 4.81. The maximum absolute atomic E-state index is 15.0. The first-order valence-electron chi connectivity index (χ1n) is 10.2. The van der Waals surface area contributed by atoms with Gasteiger partial charge in [-0.2, -0.15) is 0 Å². The van der Waals surface area contributed by atoms with Crippen LogP contribution in [0.3, 0.4) is 0 Å². The molecule has 29 heavy (non-hydrogen) atoms. The normalized spacial score (nSPS) is 28.3. The van der Waals surface area contributed by atoms with Gasteiger partial charge in [0, 0.05) is 39.1 Å². The summed E-state index contributed by atoms with van der Waals surface area (Å²) in [5.41, 5.74) is 1.89. The molecule has 0 bridgehead atoms. The molecule has 4 heterocycles. The van der Waals surface area contributed by atoms with Crippen molar-refractivity contribution in [3.05, 3.63) is 23.5 Å². The highest BCUT2D eigenvalue weighted by atomic mass is 19.3. The Morgan fingerprint density at radius 2 is 1.90 bits per heavy atom. The predicted octanol–water partition coefficient (Wildman–Crippen LogP) is 1.03. The lowest BCUT2D eigenvalue weighted by Crippen LogP contribution is -2.61. The van der Waals surface area contributed by atoms with Gasteiger partial charge >= 0.3 is 0 Å². The number of hydrogen-bond donors (Lipinski definition) is 2. The molecule has 1 unspecified atom stereocenters. The van der Waals surface area contributed by atoms with Crippen LogP contribution in [0.25, 0.3) is 0 Å². The Morgan fingerprint density at radius 1 is 1.14 bits per heavy atom. The maximum Gasteiger partial charge on any atom is 0.280 e. The highest BCUT2D eigenvalue weighted by Gasteiger charge is 2.47. The van der Waals surface area contributed by atoms with Gasteiger partial charge in [-0.05, 0) is 31.9 Å². The average Bonchev–Trinajstić information content (AvgIpc) is 2.68. The van der Waals surface area contributed by atoms with E-state index in [0.717, 1.165) is 13.1 Å². The smallest absolute Gasteiger partial charge is 0.280 e. The van der Waals surface area contributed by atoms with Gasteiger partial charge in [-0.15, -0.1) is 0 Å². The van der Waals surface area contributed by atoms with Crippen molar-refractivity contribution < 1.29 is 18.4 Å². The topological polar surface area (TPSA) is 77.6 Å². The molecule has 2 atom stereocenters. The van der Waals surface area contributed by atoms with Crippen molar-refractivity contribution in [1.82, 2.24) is 20.5 Å². The van der Waals surface area contributed by atoms with Crippen LogP contribution in [0.2, 0.25) is 0 Å². The summed E-state index contributed by atoms with van der Waals surface area (Å²) in [5, 5.41) is 5.54. The Balaban J connectivity index is 1.48. The summed E-state index contributed by atoms with van der Waals surface area (Å²) in [4.78, 5) is 31.6. The summed E-state index contributed by atoms with van der Waals surface area (Å²) in [6.07, 6.45) is 1.11. The third-order valence-electron chi connectivity index (χ3n) is 6.17. The molecule has 0 aliphatic carbocycles. The van der Waals surface area contributed by atoms with Gasteiger partial charge in [-0.25, -0.2) is 8.78 Å². The minimum Gasteiger partial charge on any atom is -0.364 e. The fraction of sp³-hybridized carbons (Fsp3) is 0.650. The van der Waals surface area contributed by atoms with Crippen molar-refractivity contribution in [2.45, 2.75) is 44.1 Å². The predicted molar refractivity (Wildman–Crippen MR) is 104 cm³/mol. The van der Waals surface area contributed by atoms with E-state index in [0.29, 0.717) is 49.6 Å². The van der Waals surface area contributed by atoms with Crippen LogP contribution in [0.4, 0.5) is 14.5 Å². The lowest BCUT2D eigenvalue weighted by molar-refractivity contribution is -0.134. The van der Waals surface area contributed by atoms with E-state index < -0.39 is 17.9 Å². The van der Waals surface area contributed by atoms with E-state index in [4.69, 9.17) is 0 Å². The van der Waals surface area contributed by atoms with Crippen LogP contribution in [-0.2, 0) is 9.59 Å². The van der Waals surface area contributed by atoms with Gasteiger partial charge in [0.05, 0.1) is 35.6 Å². The molecule has 3 fully saturated rings. The van der Waals surface area contributed by atoms with Gasteiger partial charge in [0.1, 0.15) is 0 Å². The monoisotopic (exact) mass is 407 g/mol. The van der Waals surface area contributed by atoms with Crippen molar-refractivity contribution in [1.29, 1.82) is 0 Å². The fourth-order valence-corrected chi connectivity index (χ4v) is 4.65. The molecule has 1 aromatic rings. The standard InChI is InChI=1S/C20H27F2N5O2/c1-13-16(4-3-15(24-13)14-2-5-18(28)25-19(14)29)27-9-6-17(20(21,22)12-27)26-10-7-23-8-11-26/h3-4,14,17,23H,2,5-12H2,1H3,(H,25,28,29)/t14?,17-/m0/s1. The van der Waals surface area contributed by atoms with Crippen molar-refractivity contribution >= 4 is 17.5 Å². The second-order valence-corrected chi connectivity index (χ2v) is 8.12. The second-order valence-electron chi connectivity index (χ2n) is 8.12. The first-order chi connectivity index (χ1) is 13.8. The van der Waals surface area contributed by atoms with Gasteiger partial charge in [0.15, 0.2) is 0 Å². The number of aromatic nitrogens is 1. The quantitative estimate of drug-likeness (QED) is 0.729. The van der Waals surface area contributed by atoms with Gasteiger partial charge < -0.3 is 10.2 Å². The summed E-state index contributed by atoms with van der Waals surface area (Å²) in [5.74, 6) is -3.89. The van der Waals surface area contributed by atoms with E-state index in [1.807, 2.05) is 4.90 Å². The number of nitrogens with one attached hydrogen (secondary N) is 2. The molecule has 3 aliphatic rings. The number of alkyl halides is 2. The van der Waals surface area contributed by atoms with E-state index in [2.05, 4.69) is 15.6 Å². The van der Waals surface area contributed by atoms with Crippen molar-refractivity contribution in [2.75, 3.05) is 44.2 Å². The Labute approximate surface area is 168 Å². The average molecular weight is 407 g/mol. The largest absolute Gasteiger partial charge is 0.364 e. The number of aryl methyl sites for hydroxylation is 1. The first-order valence-corrected chi connectivity index (χ1v) is 10.2. The minimum atomic E-state index is -2.80. The number of pyridine rings is 1. The zero-order valence-electron chi connectivity index (χ0n) is 16.6. The molecule has 0 radical (unpaired) electrons. The summed E-state index contributed by atoms with van der Waals surface area (Å²) < 4.78 is 29.9. The van der Waals surface area contributed by atoms with Gasteiger partial charge in [0.25, 0.3) is 5.92 Å². The Hall–Kier alpha value is -2.13. The molecule has 0 saturated carbocycles. The highest BCUT2D eigenvalue weighted by Crippen LogP contribution is 2.35. The zero-order valence-corrected chi connectivity index (χ0v) is 16.6. The number of piperidine rings is 2. The number of anilines is 1. The number of imide groups is 1. The molecule has 3 aliphatic heterocycles. The number of amides is 2. The van der Waals surface area contributed by atoms with E-state index in [-0.39, 0.29) is 24.8 Å². The van der Waals surface area contributed by atoms with Crippen LogP contribution in [0.1, 0.15) is 36.6 Å². The molecular formula is C20H27F2N5O2. The third kappa shape index (κ3) is 4.11. The Morgan fingerprint density at radius 3 is 2.55 bits per heavy atom. The van der Waals surface area contributed by atoms with Gasteiger partial charge in [0.2, 0.25) is 11.8 Å². The number of carbonyl (C=O) groups is 2. The number of carbonyl (C=O) groups excluding carboxylic acids is 2. The lowest BCUT2D eigenvalue weighted by atomic mass is 9.93. The maximum atomic E-state index is 15.0. The molecule has 4 rings (SSSR count). The lowest BCUT2D eigenvalue weighted by Gasteiger charge is -2.45. The fourth-order valence-electron chi connectivity index (χ4n) is 4.65. The van der Waals surface area contributed by atoms with E-state index in [1.165, 1.54) is 0 Å². The molecule has 158 valence electrons. The number of hydrogen-bond acceptors (Lipinski definition) is 6. The van der Waals surface area contributed by atoms with Crippen LogP contribution in [0.5, 0.6) is 0 Å². The van der Waals surface area contributed by atoms with Crippen LogP contribution in [-0.4, -0.2) is 72.9 Å². The highest BCUT2D eigenvalue weighted by molar-refractivity contribution is 6.00. The first kappa shape index (κ1) is 20.2. The van der Waals surface area contributed by atoms with E-state index >= 15 is 0 Å².